The Bertz CT molecular complexity index is 772. The topological polar surface area (TPSA) is 42.4 Å². The number of hydrogen-bond donors (Lipinski definition) is 1. The summed E-state index contributed by atoms with van der Waals surface area (Å²) in [6.07, 6.45) is 1.73. The highest BCUT2D eigenvalue weighted by Gasteiger charge is 2.12. The predicted octanol–water partition coefficient (Wildman–Crippen LogP) is 4.34. The van der Waals surface area contributed by atoms with E-state index in [2.05, 4.69) is 20.9 Å². The van der Waals surface area contributed by atoms with Gasteiger partial charge in [0.25, 0.3) is 0 Å². The van der Waals surface area contributed by atoms with Crippen LogP contribution in [0.1, 0.15) is 17.2 Å². The van der Waals surface area contributed by atoms with Gasteiger partial charge in [0.2, 0.25) is 0 Å². The molecule has 0 bridgehead atoms. The monoisotopic (exact) mass is 363 g/mol. The molecule has 0 amide bonds. The average Bonchev–Trinajstić information content (AvgIpc) is 2.94. The molecule has 0 radical (unpaired) electrons. The zero-order valence-corrected chi connectivity index (χ0v) is 13.8. The van der Waals surface area contributed by atoms with Gasteiger partial charge in [0.15, 0.2) is 0 Å². The number of aliphatic hydroxyl groups excluding tert-OH is 1. The number of benzene rings is 1. The molecule has 1 atom stereocenters. The van der Waals surface area contributed by atoms with Gasteiger partial charge in [-0.05, 0) is 51.1 Å². The molecule has 0 spiro atoms. The minimum absolute atomic E-state index is 0.543. The molecule has 0 aliphatic carbocycles. The van der Waals surface area contributed by atoms with Gasteiger partial charge in [-0.2, -0.15) is 0 Å². The zero-order valence-electron chi connectivity index (χ0n) is 11.4. The number of rotatable bonds is 4. The number of halogens is 1. The lowest BCUT2D eigenvalue weighted by Gasteiger charge is -2.12. The highest BCUT2D eigenvalue weighted by Crippen LogP contribution is 2.29. The number of fused-ring (bicyclic) bond motifs is 1. The van der Waals surface area contributed by atoms with E-state index in [1.165, 1.54) is 0 Å². The van der Waals surface area contributed by atoms with Crippen LogP contribution in [-0.2, 0) is 6.42 Å². The van der Waals surface area contributed by atoms with Crippen molar-refractivity contribution in [3.05, 3.63) is 57.5 Å². The van der Waals surface area contributed by atoms with E-state index in [1.54, 1.807) is 24.6 Å². The smallest absolute Gasteiger partial charge is 0.133 e. The fraction of sp³-hybridized carbons (Fsp3) is 0.188. The van der Waals surface area contributed by atoms with Crippen molar-refractivity contribution in [2.45, 2.75) is 12.5 Å². The summed E-state index contributed by atoms with van der Waals surface area (Å²) >= 11 is 5.10. The lowest BCUT2D eigenvalue weighted by atomic mass is 10.0. The van der Waals surface area contributed by atoms with E-state index >= 15 is 0 Å². The first kappa shape index (κ1) is 14.5. The van der Waals surface area contributed by atoms with Crippen molar-refractivity contribution >= 4 is 37.5 Å². The maximum absolute atomic E-state index is 10.4. The molecule has 0 saturated heterocycles. The third kappa shape index (κ3) is 3.10. The van der Waals surface area contributed by atoms with Crippen molar-refractivity contribution in [1.82, 2.24) is 4.98 Å². The van der Waals surface area contributed by atoms with Gasteiger partial charge in [-0.25, -0.2) is 0 Å². The standard InChI is InChI=1S/C16H14BrNO2S/c1-20-15-3-2-10(6-12(15)17)7-14(19)11-8-16-13(18-9-11)4-5-21-16/h2-6,8-9,14,19H,7H2,1H3. The van der Waals surface area contributed by atoms with Crippen LogP contribution in [0.2, 0.25) is 0 Å². The molecule has 5 heteroatoms. The molecule has 0 saturated carbocycles. The third-order valence-electron chi connectivity index (χ3n) is 3.35. The lowest BCUT2D eigenvalue weighted by Crippen LogP contribution is -2.02. The molecule has 0 aliphatic heterocycles. The number of pyridine rings is 1. The van der Waals surface area contributed by atoms with Crippen LogP contribution in [0.3, 0.4) is 0 Å². The summed E-state index contributed by atoms with van der Waals surface area (Å²) in [6, 6.07) is 9.82. The Morgan fingerprint density at radius 2 is 2.19 bits per heavy atom. The molecule has 1 N–H and O–H groups in total. The maximum Gasteiger partial charge on any atom is 0.133 e. The first-order valence-electron chi connectivity index (χ1n) is 6.51. The second-order valence-electron chi connectivity index (χ2n) is 4.76. The molecular formula is C16H14BrNO2S. The normalized spacial score (nSPS) is 12.5. The Labute approximate surface area is 135 Å². The number of aliphatic hydroxyl groups is 1. The molecule has 2 heterocycles. The fourth-order valence-corrected chi connectivity index (χ4v) is 3.60. The first-order chi connectivity index (χ1) is 10.2. The van der Waals surface area contributed by atoms with Gasteiger partial charge in [0.1, 0.15) is 5.75 Å². The molecule has 3 rings (SSSR count). The lowest BCUT2D eigenvalue weighted by molar-refractivity contribution is 0.178. The van der Waals surface area contributed by atoms with Gasteiger partial charge in [-0.3, -0.25) is 4.98 Å². The van der Waals surface area contributed by atoms with Crippen LogP contribution in [-0.4, -0.2) is 17.2 Å². The van der Waals surface area contributed by atoms with Crippen molar-refractivity contribution in [2.24, 2.45) is 0 Å². The molecule has 0 fully saturated rings. The van der Waals surface area contributed by atoms with E-state index in [4.69, 9.17) is 4.74 Å². The molecule has 1 aromatic carbocycles. The van der Waals surface area contributed by atoms with Gasteiger partial charge >= 0.3 is 0 Å². The van der Waals surface area contributed by atoms with E-state index in [1.807, 2.05) is 35.7 Å². The van der Waals surface area contributed by atoms with E-state index < -0.39 is 6.10 Å². The summed E-state index contributed by atoms with van der Waals surface area (Å²) in [5.41, 5.74) is 2.86. The summed E-state index contributed by atoms with van der Waals surface area (Å²) in [7, 11) is 1.64. The Morgan fingerprint density at radius 3 is 2.95 bits per heavy atom. The minimum Gasteiger partial charge on any atom is -0.496 e. The first-order valence-corrected chi connectivity index (χ1v) is 8.18. The van der Waals surface area contributed by atoms with Crippen molar-refractivity contribution in [1.29, 1.82) is 0 Å². The molecule has 3 aromatic rings. The maximum atomic E-state index is 10.4. The largest absolute Gasteiger partial charge is 0.496 e. The van der Waals surface area contributed by atoms with E-state index in [0.717, 1.165) is 31.6 Å². The van der Waals surface area contributed by atoms with Crippen LogP contribution in [0.4, 0.5) is 0 Å². The van der Waals surface area contributed by atoms with Gasteiger partial charge in [-0.1, -0.05) is 6.07 Å². The van der Waals surface area contributed by atoms with E-state index in [0.29, 0.717) is 6.42 Å². The van der Waals surface area contributed by atoms with Crippen molar-refractivity contribution < 1.29 is 9.84 Å². The molecule has 1 unspecified atom stereocenters. The highest BCUT2D eigenvalue weighted by molar-refractivity contribution is 9.10. The Balaban J connectivity index is 1.81. The summed E-state index contributed by atoms with van der Waals surface area (Å²) in [5.74, 6) is 0.787. The summed E-state index contributed by atoms with van der Waals surface area (Å²) < 4.78 is 7.20. The van der Waals surface area contributed by atoms with Gasteiger partial charge in [-0.15, -0.1) is 11.3 Å². The quantitative estimate of drug-likeness (QED) is 0.749. The molecule has 2 aromatic heterocycles. The number of thiophene rings is 1. The fourth-order valence-electron chi connectivity index (χ4n) is 2.22. The van der Waals surface area contributed by atoms with Crippen LogP contribution in [0, 0.1) is 0 Å². The summed E-state index contributed by atoms with van der Waals surface area (Å²) in [6.45, 7) is 0. The van der Waals surface area contributed by atoms with Crippen LogP contribution >= 0.6 is 27.3 Å². The number of nitrogens with zero attached hydrogens (tertiary/aromatic N) is 1. The van der Waals surface area contributed by atoms with Crippen molar-refractivity contribution in [2.75, 3.05) is 7.11 Å². The SMILES string of the molecule is COc1ccc(CC(O)c2cnc3ccsc3c2)cc1Br. The zero-order chi connectivity index (χ0) is 14.8. The van der Waals surface area contributed by atoms with Crippen molar-refractivity contribution in [3.63, 3.8) is 0 Å². The number of ether oxygens (including phenoxy) is 1. The Morgan fingerprint density at radius 1 is 1.33 bits per heavy atom. The molecule has 108 valence electrons. The Hall–Kier alpha value is -1.43. The van der Waals surface area contributed by atoms with Gasteiger partial charge in [0, 0.05) is 18.2 Å². The second kappa shape index (κ2) is 6.13. The number of hydrogen-bond acceptors (Lipinski definition) is 4. The average molecular weight is 364 g/mol. The number of methoxy groups -OCH3 is 1. The minimum atomic E-state index is -0.565. The Kier molecular flexibility index (Phi) is 4.24. The summed E-state index contributed by atoms with van der Waals surface area (Å²) in [5, 5.41) is 12.4. The molecule has 3 nitrogen and oxygen atoms in total. The van der Waals surface area contributed by atoms with E-state index in [9.17, 15) is 5.11 Å². The van der Waals surface area contributed by atoms with Crippen LogP contribution in [0.5, 0.6) is 5.75 Å². The molecule has 0 aliphatic rings. The van der Waals surface area contributed by atoms with Gasteiger partial charge in [0.05, 0.1) is 27.9 Å². The predicted molar refractivity (Wildman–Crippen MR) is 89.0 cm³/mol. The molecule has 21 heavy (non-hydrogen) atoms. The van der Waals surface area contributed by atoms with Crippen LogP contribution in [0.15, 0.2) is 46.4 Å². The highest BCUT2D eigenvalue weighted by atomic mass is 79.9. The van der Waals surface area contributed by atoms with Gasteiger partial charge < -0.3 is 9.84 Å². The molecular weight excluding hydrogens is 350 g/mol. The second-order valence-corrected chi connectivity index (χ2v) is 6.56. The van der Waals surface area contributed by atoms with Crippen molar-refractivity contribution in [3.8, 4) is 5.75 Å². The number of aromatic nitrogens is 1. The third-order valence-corrected chi connectivity index (χ3v) is 4.83. The van der Waals surface area contributed by atoms with Crippen LogP contribution in [0.25, 0.3) is 10.2 Å². The summed E-state index contributed by atoms with van der Waals surface area (Å²) in [4.78, 5) is 4.37. The van der Waals surface area contributed by atoms with E-state index in [-0.39, 0.29) is 0 Å². The van der Waals surface area contributed by atoms with Crippen LogP contribution < -0.4 is 4.74 Å².